The average molecular weight is 364 g/mol. The first-order chi connectivity index (χ1) is 9.34. The van der Waals surface area contributed by atoms with E-state index in [-0.39, 0.29) is 21.1 Å². The Hall–Kier alpha value is -1.03. The fourth-order valence-electron chi connectivity index (χ4n) is 2.11. The van der Waals surface area contributed by atoms with Gasteiger partial charge >= 0.3 is 0 Å². The molecule has 1 fully saturated rings. The van der Waals surface area contributed by atoms with Gasteiger partial charge in [-0.05, 0) is 35.0 Å². The molecule has 2 rings (SSSR count). The van der Waals surface area contributed by atoms with Crippen molar-refractivity contribution in [2.45, 2.75) is 17.9 Å². The zero-order chi connectivity index (χ0) is 14.9. The van der Waals surface area contributed by atoms with E-state index in [1.54, 1.807) is 0 Å². The maximum atomic E-state index is 12.5. The van der Waals surface area contributed by atoms with E-state index < -0.39 is 14.9 Å². The molecular formula is C11H14BrN3O4S. The number of hydrogen-bond donors (Lipinski definition) is 1. The molecule has 1 aromatic carbocycles. The van der Waals surface area contributed by atoms with Gasteiger partial charge in [-0.1, -0.05) is 0 Å². The molecule has 0 radical (unpaired) electrons. The van der Waals surface area contributed by atoms with Crippen molar-refractivity contribution in [3.63, 3.8) is 0 Å². The highest BCUT2D eigenvalue weighted by Crippen LogP contribution is 2.29. The molecule has 1 aliphatic heterocycles. The van der Waals surface area contributed by atoms with Gasteiger partial charge in [0, 0.05) is 31.7 Å². The topological polar surface area (TPSA) is 92.6 Å². The third-order valence-electron chi connectivity index (χ3n) is 3.16. The molecule has 0 bridgehead atoms. The highest BCUT2D eigenvalue weighted by molar-refractivity contribution is 9.10. The summed E-state index contributed by atoms with van der Waals surface area (Å²) in [5, 5.41) is 13.9. The molecule has 0 saturated carbocycles. The van der Waals surface area contributed by atoms with Crippen LogP contribution in [0.5, 0.6) is 0 Å². The highest BCUT2D eigenvalue weighted by atomic mass is 79.9. The minimum Gasteiger partial charge on any atom is -0.314 e. The Kier molecular flexibility index (Phi) is 4.43. The quantitative estimate of drug-likeness (QED) is 0.646. The van der Waals surface area contributed by atoms with E-state index in [0.717, 1.165) is 0 Å². The molecule has 1 atom stereocenters. The van der Waals surface area contributed by atoms with Crippen molar-refractivity contribution in [3.05, 3.63) is 32.8 Å². The van der Waals surface area contributed by atoms with Crippen LogP contribution in [0.25, 0.3) is 0 Å². The molecule has 1 unspecified atom stereocenters. The second-order valence-electron chi connectivity index (χ2n) is 4.54. The number of benzene rings is 1. The van der Waals surface area contributed by atoms with Crippen molar-refractivity contribution in [1.82, 2.24) is 9.62 Å². The lowest BCUT2D eigenvalue weighted by Gasteiger charge is -2.32. The molecule has 0 amide bonds. The van der Waals surface area contributed by atoms with Gasteiger partial charge in [-0.2, -0.15) is 4.31 Å². The third-order valence-corrected chi connectivity index (χ3v) is 5.81. The standard InChI is InChI=1S/C11H14BrN3O4S/c1-8-7-13-4-5-14(8)20(18,19)9-2-3-11(15(16)17)10(12)6-9/h2-3,6,8,13H,4-5,7H2,1H3. The van der Waals surface area contributed by atoms with Crippen molar-refractivity contribution in [3.8, 4) is 0 Å². The Bertz CT molecular complexity index is 635. The van der Waals surface area contributed by atoms with Crippen LogP contribution in [0.4, 0.5) is 5.69 Å². The van der Waals surface area contributed by atoms with Crippen molar-refractivity contribution < 1.29 is 13.3 Å². The maximum Gasteiger partial charge on any atom is 0.283 e. The second kappa shape index (κ2) is 5.76. The van der Waals surface area contributed by atoms with Gasteiger partial charge in [-0.3, -0.25) is 10.1 Å². The summed E-state index contributed by atoms with van der Waals surface area (Å²) in [5.41, 5.74) is -0.155. The maximum absolute atomic E-state index is 12.5. The Labute approximate surface area is 125 Å². The van der Waals surface area contributed by atoms with E-state index >= 15 is 0 Å². The molecule has 1 N–H and O–H groups in total. The fraction of sp³-hybridized carbons (Fsp3) is 0.455. The van der Waals surface area contributed by atoms with Gasteiger partial charge in [-0.15, -0.1) is 0 Å². The normalized spacial score (nSPS) is 20.8. The lowest BCUT2D eigenvalue weighted by molar-refractivity contribution is -0.385. The predicted molar refractivity (Wildman–Crippen MR) is 77.0 cm³/mol. The van der Waals surface area contributed by atoms with Crippen LogP contribution in [0.3, 0.4) is 0 Å². The fourth-order valence-corrected chi connectivity index (χ4v) is 4.44. The van der Waals surface area contributed by atoms with Crippen LogP contribution >= 0.6 is 15.9 Å². The number of nitrogens with zero attached hydrogens (tertiary/aromatic N) is 2. The van der Waals surface area contributed by atoms with Gasteiger partial charge in [0.15, 0.2) is 0 Å². The van der Waals surface area contributed by atoms with E-state index in [4.69, 9.17) is 0 Å². The summed E-state index contributed by atoms with van der Waals surface area (Å²) >= 11 is 3.04. The van der Waals surface area contributed by atoms with Gasteiger partial charge in [0.25, 0.3) is 5.69 Å². The molecule has 1 saturated heterocycles. The van der Waals surface area contributed by atoms with Crippen LogP contribution in [0.2, 0.25) is 0 Å². The Balaban J connectivity index is 2.39. The summed E-state index contributed by atoms with van der Waals surface area (Å²) in [6, 6.07) is 3.60. The van der Waals surface area contributed by atoms with Crippen LogP contribution in [0.15, 0.2) is 27.6 Å². The van der Waals surface area contributed by atoms with E-state index in [2.05, 4.69) is 21.2 Å². The van der Waals surface area contributed by atoms with Gasteiger partial charge in [0.2, 0.25) is 10.0 Å². The Morgan fingerprint density at radius 3 is 2.75 bits per heavy atom. The summed E-state index contributed by atoms with van der Waals surface area (Å²) in [5.74, 6) is 0. The first-order valence-electron chi connectivity index (χ1n) is 6.00. The summed E-state index contributed by atoms with van der Waals surface area (Å²) in [6.07, 6.45) is 0. The van der Waals surface area contributed by atoms with E-state index in [1.165, 1.54) is 22.5 Å². The minimum absolute atomic E-state index is 0.0590. The zero-order valence-electron chi connectivity index (χ0n) is 10.7. The SMILES string of the molecule is CC1CNCCN1S(=O)(=O)c1ccc([N+](=O)[O-])c(Br)c1. The summed E-state index contributed by atoms with van der Waals surface area (Å²) in [4.78, 5) is 10.2. The lowest BCUT2D eigenvalue weighted by Crippen LogP contribution is -2.52. The Morgan fingerprint density at radius 1 is 1.50 bits per heavy atom. The highest BCUT2D eigenvalue weighted by Gasteiger charge is 2.31. The van der Waals surface area contributed by atoms with Gasteiger partial charge < -0.3 is 5.32 Å². The molecule has 0 aromatic heterocycles. The van der Waals surface area contributed by atoms with Crippen molar-refractivity contribution in [2.75, 3.05) is 19.6 Å². The van der Waals surface area contributed by atoms with Crippen LogP contribution < -0.4 is 5.32 Å². The first-order valence-corrected chi connectivity index (χ1v) is 8.24. The van der Waals surface area contributed by atoms with Crippen LogP contribution in [-0.4, -0.2) is 43.3 Å². The molecule has 7 nitrogen and oxygen atoms in total. The van der Waals surface area contributed by atoms with Crippen LogP contribution in [0, 0.1) is 10.1 Å². The van der Waals surface area contributed by atoms with Gasteiger partial charge in [-0.25, -0.2) is 8.42 Å². The van der Waals surface area contributed by atoms with Crippen molar-refractivity contribution >= 4 is 31.6 Å². The number of halogens is 1. The molecule has 110 valence electrons. The average Bonchev–Trinajstić information content (AvgIpc) is 2.38. The van der Waals surface area contributed by atoms with Crippen molar-refractivity contribution in [1.29, 1.82) is 0 Å². The van der Waals surface area contributed by atoms with Crippen LogP contribution in [-0.2, 0) is 10.0 Å². The monoisotopic (exact) mass is 363 g/mol. The number of sulfonamides is 1. The molecule has 1 heterocycles. The summed E-state index contributed by atoms with van der Waals surface area (Å²) in [7, 11) is -3.64. The predicted octanol–water partition coefficient (Wildman–Crippen LogP) is 1.34. The smallest absolute Gasteiger partial charge is 0.283 e. The summed E-state index contributed by atoms with van der Waals surface area (Å²) < 4.78 is 26.6. The second-order valence-corrected chi connectivity index (χ2v) is 7.28. The minimum atomic E-state index is -3.64. The largest absolute Gasteiger partial charge is 0.314 e. The molecule has 20 heavy (non-hydrogen) atoms. The lowest BCUT2D eigenvalue weighted by atomic mass is 10.3. The van der Waals surface area contributed by atoms with Crippen LogP contribution in [0.1, 0.15) is 6.92 Å². The van der Waals surface area contributed by atoms with Gasteiger partial charge in [0.05, 0.1) is 14.3 Å². The number of nitro benzene ring substituents is 1. The molecular weight excluding hydrogens is 350 g/mol. The third kappa shape index (κ3) is 2.85. The van der Waals surface area contributed by atoms with Gasteiger partial charge in [0.1, 0.15) is 0 Å². The summed E-state index contributed by atoms with van der Waals surface area (Å²) in [6.45, 7) is 3.40. The molecule has 1 aromatic rings. The molecule has 0 aliphatic carbocycles. The molecule has 9 heteroatoms. The van der Waals surface area contributed by atoms with E-state index in [0.29, 0.717) is 19.6 Å². The number of nitrogens with one attached hydrogen (secondary N) is 1. The molecule has 1 aliphatic rings. The van der Waals surface area contributed by atoms with Crippen molar-refractivity contribution in [2.24, 2.45) is 0 Å². The number of rotatable bonds is 3. The Morgan fingerprint density at radius 2 is 2.20 bits per heavy atom. The van der Waals surface area contributed by atoms with E-state index in [9.17, 15) is 18.5 Å². The number of piperazine rings is 1. The number of hydrogen-bond acceptors (Lipinski definition) is 5. The first kappa shape index (κ1) is 15.4. The zero-order valence-corrected chi connectivity index (χ0v) is 13.1. The number of nitro groups is 1. The van der Waals surface area contributed by atoms with E-state index in [1.807, 2.05) is 6.92 Å². The molecule has 0 spiro atoms.